The van der Waals surface area contributed by atoms with Crippen LogP contribution in [0.3, 0.4) is 0 Å². The van der Waals surface area contributed by atoms with Gasteiger partial charge in [-0.05, 0) is 30.5 Å². The number of rotatable bonds is 1. The van der Waals surface area contributed by atoms with E-state index in [1.165, 1.54) is 11.0 Å². The van der Waals surface area contributed by atoms with Crippen LogP contribution in [-0.4, -0.2) is 38.4 Å². The third-order valence-corrected chi connectivity index (χ3v) is 4.02. The highest BCUT2D eigenvalue weighted by molar-refractivity contribution is 9.10. The third-order valence-electron chi connectivity index (χ3n) is 3.56. The van der Waals surface area contributed by atoms with Crippen molar-refractivity contribution in [3.8, 4) is 0 Å². The molecule has 2 heterocycles. The fourth-order valence-corrected chi connectivity index (χ4v) is 3.15. The Morgan fingerprint density at radius 3 is 3.00 bits per heavy atom. The summed E-state index contributed by atoms with van der Waals surface area (Å²) in [7, 11) is 0. The molecule has 108 valence electrons. The second-order valence-corrected chi connectivity index (χ2v) is 5.84. The van der Waals surface area contributed by atoms with Gasteiger partial charge in [0.15, 0.2) is 6.10 Å². The maximum absolute atomic E-state index is 14.2. The van der Waals surface area contributed by atoms with E-state index in [4.69, 9.17) is 9.47 Å². The second kappa shape index (κ2) is 5.79. The summed E-state index contributed by atoms with van der Waals surface area (Å²) in [4.78, 5) is 14.0. The zero-order chi connectivity index (χ0) is 14.1. The van der Waals surface area contributed by atoms with E-state index in [0.29, 0.717) is 29.9 Å². The summed E-state index contributed by atoms with van der Waals surface area (Å²) in [6.45, 7) is 1.66. The average molecular weight is 344 g/mol. The summed E-state index contributed by atoms with van der Waals surface area (Å²) in [5.41, 5.74) is 1.24. The van der Waals surface area contributed by atoms with Gasteiger partial charge in [-0.15, -0.1) is 0 Å². The van der Waals surface area contributed by atoms with Crippen LogP contribution in [0.1, 0.15) is 12.0 Å². The maximum Gasteiger partial charge on any atom is 0.258 e. The molecule has 0 aliphatic carbocycles. The molecule has 6 heteroatoms. The van der Waals surface area contributed by atoms with Crippen molar-refractivity contribution >= 4 is 27.5 Å². The van der Waals surface area contributed by atoms with Crippen molar-refractivity contribution < 1.29 is 18.7 Å². The van der Waals surface area contributed by atoms with Crippen LogP contribution in [0.4, 0.5) is 10.1 Å². The van der Waals surface area contributed by atoms with E-state index >= 15 is 0 Å². The number of fused-ring (bicyclic) bond motifs is 1. The SMILES string of the molecule is O=C([C@H]1COCCO1)N1CCCc2cc(Br)cc(F)c21. The van der Waals surface area contributed by atoms with E-state index in [1.54, 1.807) is 0 Å². The first-order valence-corrected chi connectivity index (χ1v) is 7.45. The molecule has 0 spiro atoms. The lowest BCUT2D eigenvalue weighted by Crippen LogP contribution is -2.47. The van der Waals surface area contributed by atoms with Gasteiger partial charge >= 0.3 is 0 Å². The van der Waals surface area contributed by atoms with E-state index in [2.05, 4.69) is 15.9 Å². The van der Waals surface area contributed by atoms with Crippen molar-refractivity contribution in [2.75, 3.05) is 31.3 Å². The Balaban J connectivity index is 1.91. The van der Waals surface area contributed by atoms with Crippen LogP contribution >= 0.6 is 15.9 Å². The Morgan fingerprint density at radius 1 is 1.40 bits per heavy atom. The summed E-state index contributed by atoms with van der Waals surface area (Å²) < 4.78 is 25.6. The van der Waals surface area contributed by atoms with Crippen LogP contribution in [0.15, 0.2) is 16.6 Å². The number of carbonyl (C=O) groups excluding carboxylic acids is 1. The number of halogens is 2. The van der Waals surface area contributed by atoms with Crippen molar-refractivity contribution in [1.82, 2.24) is 0 Å². The predicted molar refractivity (Wildman–Crippen MR) is 75.3 cm³/mol. The van der Waals surface area contributed by atoms with Crippen LogP contribution in [0.25, 0.3) is 0 Å². The molecule has 1 aromatic carbocycles. The topological polar surface area (TPSA) is 38.8 Å². The van der Waals surface area contributed by atoms with Crippen molar-refractivity contribution in [3.63, 3.8) is 0 Å². The molecule has 1 atom stereocenters. The fourth-order valence-electron chi connectivity index (χ4n) is 2.68. The van der Waals surface area contributed by atoms with E-state index in [0.717, 1.165) is 18.4 Å². The van der Waals surface area contributed by atoms with Crippen LogP contribution in [0, 0.1) is 5.82 Å². The molecule has 3 rings (SSSR count). The Bertz CT molecular complexity index is 531. The molecule has 20 heavy (non-hydrogen) atoms. The zero-order valence-electron chi connectivity index (χ0n) is 10.9. The largest absolute Gasteiger partial charge is 0.376 e. The van der Waals surface area contributed by atoms with Gasteiger partial charge in [-0.1, -0.05) is 15.9 Å². The van der Waals surface area contributed by atoms with Gasteiger partial charge in [-0.2, -0.15) is 0 Å². The Labute approximate surface area is 125 Å². The molecule has 1 saturated heterocycles. The smallest absolute Gasteiger partial charge is 0.258 e. The van der Waals surface area contributed by atoms with Crippen LogP contribution in [-0.2, 0) is 20.7 Å². The summed E-state index contributed by atoms with van der Waals surface area (Å²) in [5, 5.41) is 0. The van der Waals surface area contributed by atoms with Gasteiger partial charge < -0.3 is 14.4 Å². The summed E-state index contributed by atoms with van der Waals surface area (Å²) >= 11 is 3.29. The van der Waals surface area contributed by atoms with Crippen LogP contribution < -0.4 is 4.90 Å². The number of hydrogen-bond donors (Lipinski definition) is 0. The Hall–Kier alpha value is -0.980. The first-order valence-electron chi connectivity index (χ1n) is 6.65. The third kappa shape index (κ3) is 2.60. The van der Waals surface area contributed by atoms with Gasteiger partial charge in [0.1, 0.15) is 5.82 Å². The number of amides is 1. The first kappa shape index (κ1) is 14.0. The van der Waals surface area contributed by atoms with Crippen molar-refractivity contribution in [3.05, 3.63) is 28.0 Å². The molecule has 0 radical (unpaired) electrons. The molecule has 2 aliphatic heterocycles. The molecule has 4 nitrogen and oxygen atoms in total. The average Bonchev–Trinajstić information content (AvgIpc) is 2.46. The summed E-state index contributed by atoms with van der Waals surface area (Å²) in [6.07, 6.45) is 0.970. The van der Waals surface area contributed by atoms with Gasteiger partial charge in [0.05, 0.1) is 25.5 Å². The van der Waals surface area contributed by atoms with Gasteiger partial charge in [0.2, 0.25) is 0 Å². The Morgan fingerprint density at radius 2 is 2.25 bits per heavy atom. The fraction of sp³-hybridized carbons (Fsp3) is 0.500. The number of nitrogens with zero attached hydrogens (tertiary/aromatic N) is 1. The van der Waals surface area contributed by atoms with Crippen LogP contribution in [0.2, 0.25) is 0 Å². The van der Waals surface area contributed by atoms with Crippen molar-refractivity contribution in [1.29, 1.82) is 0 Å². The number of benzene rings is 1. The number of hydrogen-bond acceptors (Lipinski definition) is 3. The minimum absolute atomic E-state index is 0.216. The lowest BCUT2D eigenvalue weighted by atomic mass is 10.0. The van der Waals surface area contributed by atoms with Gasteiger partial charge in [-0.25, -0.2) is 4.39 Å². The lowest BCUT2D eigenvalue weighted by Gasteiger charge is -2.33. The zero-order valence-corrected chi connectivity index (χ0v) is 12.5. The molecule has 0 unspecified atom stereocenters. The predicted octanol–water partition coefficient (Wildman–Crippen LogP) is 2.28. The number of anilines is 1. The lowest BCUT2D eigenvalue weighted by molar-refractivity contribution is -0.144. The Kier molecular flexibility index (Phi) is 4.05. The number of ether oxygens (including phenoxy) is 2. The minimum atomic E-state index is -0.627. The molecule has 2 aliphatic rings. The highest BCUT2D eigenvalue weighted by atomic mass is 79.9. The van der Waals surface area contributed by atoms with Gasteiger partial charge in [-0.3, -0.25) is 4.79 Å². The molecule has 1 amide bonds. The quantitative estimate of drug-likeness (QED) is 0.785. The van der Waals surface area contributed by atoms with E-state index in [1.807, 2.05) is 6.07 Å². The van der Waals surface area contributed by atoms with Crippen LogP contribution in [0.5, 0.6) is 0 Å². The molecule has 0 saturated carbocycles. The monoisotopic (exact) mass is 343 g/mol. The summed E-state index contributed by atoms with van der Waals surface area (Å²) in [5.74, 6) is -0.592. The maximum atomic E-state index is 14.2. The second-order valence-electron chi connectivity index (χ2n) is 4.92. The first-order chi connectivity index (χ1) is 9.66. The number of aryl methyl sites for hydroxylation is 1. The van der Waals surface area contributed by atoms with Gasteiger partial charge in [0.25, 0.3) is 5.91 Å². The molecule has 1 aromatic rings. The van der Waals surface area contributed by atoms with Gasteiger partial charge in [0, 0.05) is 11.0 Å². The number of carbonyl (C=O) groups is 1. The molecule has 1 fully saturated rings. The highest BCUT2D eigenvalue weighted by Gasteiger charge is 2.32. The normalized spacial score (nSPS) is 22.5. The molecular weight excluding hydrogens is 329 g/mol. The van der Waals surface area contributed by atoms with E-state index in [-0.39, 0.29) is 18.3 Å². The summed E-state index contributed by atoms with van der Waals surface area (Å²) in [6, 6.07) is 3.26. The minimum Gasteiger partial charge on any atom is -0.376 e. The molecular formula is C14H15BrFNO3. The van der Waals surface area contributed by atoms with E-state index in [9.17, 15) is 9.18 Å². The molecule has 0 bridgehead atoms. The van der Waals surface area contributed by atoms with Crippen molar-refractivity contribution in [2.45, 2.75) is 18.9 Å². The van der Waals surface area contributed by atoms with E-state index < -0.39 is 6.10 Å². The molecule has 0 aromatic heterocycles. The standard InChI is InChI=1S/C14H15BrFNO3/c15-10-6-9-2-1-3-17(13(9)11(16)7-10)14(18)12-8-19-4-5-20-12/h6-7,12H,1-5,8H2/t12-/m1/s1. The van der Waals surface area contributed by atoms with Crippen molar-refractivity contribution in [2.24, 2.45) is 0 Å². The molecule has 0 N–H and O–H groups in total. The highest BCUT2D eigenvalue weighted by Crippen LogP contribution is 2.33.